The Kier molecular flexibility index (Phi) is 9.16. The minimum atomic E-state index is -2.36. The van der Waals surface area contributed by atoms with Crippen LogP contribution in [0.1, 0.15) is 46.4 Å². The largest absolute Gasteiger partial charge is 0.392 e. The lowest BCUT2D eigenvalue weighted by Crippen LogP contribution is -2.38. The molecule has 2 N–H and O–H groups in total. The fraction of sp³-hybridized carbons (Fsp3) is 0.267. The summed E-state index contributed by atoms with van der Waals surface area (Å²) in [5.74, 6) is -12.4. The third-order valence-corrected chi connectivity index (χ3v) is 8.28. The molecule has 4 atom stereocenters. The first-order valence-electron chi connectivity index (χ1n) is 13.1. The van der Waals surface area contributed by atoms with E-state index in [2.05, 4.69) is 10.3 Å². The van der Waals surface area contributed by atoms with Gasteiger partial charge in [0.2, 0.25) is 5.82 Å². The molecule has 43 heavy (non-hydrogen) atoms. The van der Waals surface area contributed by atoms with Gasteiger partial charge in [-0.1, -0.05) is 55.1 Å². The highest BCUT2D eigenvalue weighted by molar-refractivity contribution is 7.99. The number of imidazole rings is 1. The van der Waals surface area contributed by atoms with Crippen LogP contribution in [0.3, 0.4) is 0 Å². The molecule has 226 valence electrons. The van der Waals surface area contributed by atoms with Crippen molar-refractivity contribution in [1.82, 2.24) is 9.55 Å². The van der Waals surface area contributed by atoms with Crippen molar-refractivity contribution in [3.63, 3.8) is 0 Å². The maximum atomic E-state index is 14.2. The first-order valence-corrected chi connectivity index (χ1v) is 14.1. The predicted octanol–water partition coefficient (Wildman–Crippen LogP) is 6.44. The minimum absolute atomic E-state index is 0.0139. The van der Waals surface area contributed by atoms with E-state index >= 15 is 0 Å². The summed E-state index contributed by atoms with van der Waals surface area (Å²) in [6.07, 6.45) is 1.80. The Morgan fingerprint density at radius 2 is 1.65 bits per heavy atom. The van der Waals surface area contributed by atoms with Gasteiger partial charge < -0.3 is 24.5 Å². The summed E-state index contributed by atoms with van der Waals surface area (Å²) in [7, 11) is 1.88. The first-order chi connectivity index (χ1) is 20.6. The topological polar surface area (TPSA) is 85.6 Å². The number of hydrogen-bond acceptors (Lipinski definition) is 6. The van der Waals surface area contributed by atoms with E-state index in [1.807, 2.05) is 36.9 Å². The lowest BCUT2D eigenvalue weighted by molar-refractivity contribution is -0.268. The van der Waals surface area contributed by atoms with Gasteiger partial charge in [-0.25, -0.2) is 26.9 Å². The molecule has 1 aromatic heterocycles. The van der Waals surface area contributed by atoms with Gasteiger partial charge in [0.1, 0.15) is 5.56 Å². The number of aryl methyl sites for hydroxylation is 1. The smallest absolute Gasteiger partial charge is 0.261 e. The van der Waals surface area contributed by atoms with Gasteiger partial charge in [-0.3, -0.25) is 4.79 Å². The second-order valence-electron chi connectivity index (χ2n) is 9.98. The number of nitrogens with zero attached hydrogens (tertiary/aromatic N) is 2. The zero-order valence-corrected chi connectivity index (χ0v) is 23.7. The van der Waals surface area contributed by atoms with Crippen molar-refractivity contribution in [2.24, 2.45) is 13.0 Å². The lowest BCUT2D eigenvalue weighted by Gasteiger charge is -2.41. The van der Waals surface area contributed by atoms with Crippen molar-refractivity contribution in [3.8, 4) is 0 Å². The zero-order valence-electron chi connectivity index (χ0n) is 22.9. The van der Waals surface area contributed by atoms with Gasteiger partial charge in [0.25, 0.3) is 5.91 Å². The average Bonchev–Trinajstić information content (AvgIpc) is 3.43. The van der Waals surface area contributed by atoms with E-state index in [4.69, 9.17) is 9.47 Å². The second kappa shape index (κ2) is 12.8. The number of aliphatic hydroxyl groups is 1. The van der Waals surface area contributed by atoms with Gasteiger partial charge in [0, 0.05) is 42.4 Å². The van der Waals surface area contributed by atoms with E-state index in [-0.39, 0.29) is 24.3 Å². The molecule has 0 aliphatic carbocycles. The number of benzene rings is 3. The number of hydrogen-bond donors (Lipinski definition) is 2. The van der Waals surface area contributed by atoms with Gasteiger partial charge in [-0.15, -0.1) is 0 Å². The highest BCUT2D eigenvalue weighted by atomic mass is 32.2. The standard InChI is InChI=1S/C30H26F5N3O4S/c1-15-20(14-43-30-36-10-11-38(30)2)41-29(42-27(15)17-8-6-16(13-39)7-9-17)18-4-3-5-19(12-18)37-28(40)21-22(31)24(33)26(35)25(34)23(21)32/h3-12,15,20,27,29,39H,13-14H2,1-2H3,(H,37,40)/t15-,20+,27+,29+/m1/s1. The second-order valence-corrected chi connectivity index (χ2v) is 11.0. The predicted molar refractivity (Wildman–Crippen MR) is 148 cm³/mol. The number of nitrogens with one attached hydrogen (secondary N) is 1. The number of carbonyl (C=O) groups excluding carboxylic acids is 1. The van der Waals surface area contributed by atoms with Gasteiger partial charge in [0.05, 0.1) is 18.8 Å². The molecular formula is C30H26F5N3O4S. The fourth-order valence-corrected chi connectivity index (χ4v) is 5.81. The quantitative estimate of drug-likeness (QED) is 0.102. The molecule has 0 unspecified atom stereocenters. The molecule has 13 heteroatoms. The summed E-state index contributed by atoms with van der Waals surface area (Å²) < 4.78 is 83.8. The number of carbonyl (C=O) groups is 1. The van der Waals surface area contributed by atoms with Crippen molar-refractivity contribution >= 4 is 23.4 Å². The number of aliphatic hydroxyl groups excluding tert-OH is 1. The van der Waals surface area contributed by atoms with Crippen molar-refractivity contribution in [1.29, 1.82) is 0 Å². The number of thioether (sulfide) groups is 1. The van der Waals surface area contributed by atoms with Crippen LogP contribution in [0.15, 0.2) is 66.1 Å². The zero-order chi connectivity index (χ0) is 30.8. The van der Waals surface area contributed by atoms with Crippen LogP contribution in [0, 0.1) is 35.0 Å². The van der Waals surface area contributed by atoms with Crippen LogP contribution in [-0.2, 0) is 23.1 Å². The Labute approximate surface area is 247 Å². The van der Waals surface area contributed by atoms with Gasteiger partial charge in [0.15, 0.2) is 34.7 Å². The Balaban J connectivity index is 1.42. The summed E-state index contributed by atoms with van der Waals surface area (Å²) in [6.45, 7) is 1.88. The van der Waals surface area contributed by atoms with Crippen LogP contribution < -0.4 is 5.32 Å². The van der Waals surface area contributed by atoms with Crippen LogP contribution >= 0.6 is 11.8 Å². The summed E-state index contributed by atoms with van der Waals surface area (Å²) in [4.78, 5) is 17.0. The van der Waals surface area contributed by atoms with Crippen LogP contribution in [-0.4, -0.2) is 32.4 Å². The number of halogens is 5. The molecule has 3 aromatic carbocycles. The summed E-state index contributed by atoms with van der Waals surface area (Å²) in [5, 5.41) is 12.4. The van der Waals surface area contributed by atoms with Crippen molar-refractivity contribution < 1.29 is 41.3 Å². The van der Waals surface area contributed by atoms with E-state index in [0.717, 1.165) is 16.3 Å². The van der Waals surface area contributed by atoms with E-state index < -0.39 is 53.0 Å². The summed E-state index contributed by atoms with van der Waals surface area (Å²) in [5.41, 5.74) is 0.435. The number of ether oxygens (including phenoxy) is 2. The van der Waals surface area contributed by atoms with E-state index in [0.29, 0.717) is 11.3 Å². The highest BCUT2D eigenvalue weighted by Gasteiger charge is 2.39. The number of anilines is 1. The fourth-order valence-electron chi connectivity index (χ4n) is 4.72. The average molecular weight is 620 g/mol. The maximum Gasteiger partial charge on any atom is 0.261 e. The molecule has 2 heterocycles. The van der Waals surface area contributed by atoms with E-state index in [9.17, 15) is 31.9 Å². The number of amides is 1. The van der Waals surface area contributed by atoms with Gasteiger partial charge in [-0.05, 0) is 23.3 Å². The molecule has 1 saturated heterocycles. The third kappa shape index (κ3) is 6.30. The van der Waals surface area contributed by atoms with Crippen molar-refractivity contribution in [2.45, 2.75) is 37.2 Å². The maximum absolute atomic E-state index is 14.2. The molecule has 7 nitrogen and oxygen atoms in total. The molecule has 5 rings (SSSR count). The Morgan fingerprint density at radius 3 is 2.28 bits per heavy atom. The number of aromatic nitrogens is 2. The monoisotopic (exact) mass is 619 g/mol. The minimum Gasteiger partial charge on any atom is -0.392 e. The first kappa shape index (κ1) is 30.7. The number of rotatable bonds is 8. The summed E-state index contributed by atoms with van der Waals surface area (Å²) in [6, 6.07) is 13.3. The molecule has 0 radical (unpaired) electrons. The molecule has 0 saturated carbocycles. The summed E-state index contributed by atoms with van der Waals surface area (Å²) >= 11 is 1.50. The Morgan fingerprint density at radius 1 is 0.977 bits per heavy atom. The van der Waals surface area contributed by atoms with Gasteiger partial charge in [-0.2, -0.15) is 0 Å². The molecule has 1 fully saturated rings. The van der Waals surface area contributed by atoms with Crippen LogP contribution in [0.4, 0.5) is 27.6 Å². The highest BCUT2D eigenvalue weighted by Crippen LogP contribution is 2.43. The van der Waals surface area contributed by atoms with Crippen LogP contribution in [0.25, 0.3) is 0 Å². The van der Waals surface area contributed by atoms with Gasteiger partial charge >= 0.3 is 0 Å². The molecule has 1 aliphatic heterocycles. The molecule has 0 spiro atoms. The molecule has 1 amide bonds. The van der Waals surface area contributed by atoms with E-state index in [1.165, 1.54) is 30.0 Å². The van der Waals surface area contributed by atoms with E-state index in [1.54, 1.807) is 24.4 Å². The van der Waals surface area contributed by atoms with Crippen molar-refractivity contribution in [2.75, 3.05) is 11.1 Å². The van der Waals surface area contributed by atoms with Crippen LogP contribution in [0.2, 0.25) is 0 Å². The molecule has 1 aliphatic rings. The van der Waals surface area contributed by atoms with Crippen LogP contribution in [0.5, 0.6) is 0 Å². The molecule has 4 aromatic rings. The molecular weight excluding hydrogens is 593 g/mol. The lowest BCUT2D eigenvalue weighted by atomic mass is 9.91. The normalized spacial score (nSPS) is 20.3. The SMILES string of the molecule is C[C@@H]1[C@H](CSc2nccn2C)O[C@H](c2cccc(NC(=O)c3c(F)c(F)c(F)c(F)c3F)c2)O[C@@H]1c1ccc(CO)cc1. The Bertz CT molecular complexity index is 1610. The molecule has 0 bridgehead atoms. The Hall–Kier alpha value is -3.78. The third-order valence-electron chi connectivity index (χ3n) is 7.13. The van der Waals surface area contributed by atoms with Crippen molar-refractivity contribution in [3.05, 3.63) is 112 Å².